The van der Waals surface area contributed by atoms with Crippen molar-refractivity contribution in [2.24, 2.45) is 46.3 Å². The van der Waals surface area contributed by atoms with Crippen LogP contribution >= 0.6 is 0 Å². The Morgan fingerprint density at radius 2 is 1.93 bits per heavy atom. The second kappa shape index (κ2) is 4.18. The number of esters is 1. The number of carbonyl (C=O) groups excluding carboxylic acids is 1. The van der Waals surface area contributed by atoms with Gasteiger partial charge in [0.2, 0.25) is 0 Å². The maximum Gasteiger partial charge on any atom is 0.338 e. The SMILES string of the molecule is C=C1[C@H]2C[C@H]2[C@@]2(C)[C@@H]1C[C@@]13C4=COC(C)(C)[C@@H]1C[C@H]1C(C)=CC[C@@H]2[C@]13OC4=O. The fourth-order valence-corrected chi connectivity index (χ4v) is 9.75. The molecule has 1 saturated heterocycles. The van der Waals surface area contributed by atoms with Gasteiger partial charge < -0.3 is 9.47 Å². The molecule has 0 radical (unpaired) electrons. The molecule has 0 N–H and O–H groups in total. The first-order valence-electron chi connectivity index (χ1n) is 11.2. The van der Waals surface area contributed by atoms with Crippen molar-refractivity contribution >= 4 is 5.97 Å². The van der Waals surface area contributed by atoms with Crippen LogP contribution in [-0.2, 0) is 14.3 Å². The van der Waals surface area contributed by atoms with Gasteiger partial charge in [-0.15, -0.1) is 0 Å². The summed E-state index contributed by atoms with van der Waals surface area (Å²) in [5.74, 6) is 2.90. The molecule has 0 bridgehead atoms. The first-order chi connectivity index (χ1) is 13.2. The smallest absolute Gasteiger partial charge is 0.338 e. The molecule has 2 aliphatic heterocycles. The molecule has 28 heavy (non-hydrogen) atoms. The van der Waals surface area contributed by atoms with Crippen molar-refractivity contribution in [1.82, 2.24) is 0 Å². The standard InChI is InChI=1S/C25H30O3/c1-12-6-7-19-23(5)16-8-14(16)13(2)17(23)10-24-18-11-27-22(3,4)20(24)9-15(12)25(19,24)28-21(18)26/h6,11,14-17,19-20H,2,7-10H2,1,3-5H3/t14-,15+,16-,17-,19+,20+,23+,24-,25-/m1/s1. The average molecular weight is 379 g/mol. The van der Waals surface area contributed by atoms with Crippen LogP contribution in [0.1, 0.15) is 53.4 Å². The second-order valence-electron chi connectivity index (χ2n) is 11.6. The summed E-state index contributed by atoms with van der Waals surface area (Å²) in [6.45, 7) is 13.8. The first-order valence-corrected chi connectivity index (χ1v) is 11.2. The molecule has 5 fully saturated rings. The third-order valence-electron chi connectivity index (χ3n) is 10.8. The zero-order chi connectivity index (χ0) is 19.4. The number of hydrogen-bond donors (Lipinski definition) is 0. The zero-order valence-electron chi connectivity index (χ0n) is 17.4. The maximum absolute atomic E-state index is 13.3. The van der Waals surface area contributed by atoms with E-state index in [9.17, 15) is 4.79 Å². The minimum Gasteiger partial charge on any atom is -0.495 e. The Balaban J connectivity index is 1.57. The summed E-state index contributed by atoms with van der Waals surface area (Å²) < 4.78 is 12.8. The summed E-state index contributed by atoms with van der Waals surface area (Å²) in [6, 6.07) is 0. The molecule has 0 aromatic carbocycles. The highest BCUT2D eigenvalue weighted by molar-refractivity contribution is 5.94. The van der Waals surface area contributed by atoms with Crippen LogP contribution < -0.4 is 0 Å². The van der Waals surface area contributed by atoms with E-state index in [-0.39, 0.29) is 28.0 Å². The van der Waals surface area contributed by atoms with Crippen LogP contribution in [0.25, 0.3) is 0 Å². The summed E-state index contributed by atoms with van der Waals surface area (Å²) in [4.78, 5) is 13.3. The predicted octanol–water partition coefficient (Wildman–Crippen LogP) is 4.80. The molecule has 7 aliphatic rings. The van der Waals surface area contributed by atoms with Crippen LogP contribution in [0, 0.1) is 46.3 Å². The highest BCUT2D eigenvalue weighted by atomic mass is 16.6. The summed E-state index contributed by atoms with van der Waals surface area (Å²) in [7, 11) is 0. The molecule has 3 heteroatoms. The molecule has 7 rings (SSSR count). The van der Waals surface area contributed by atoms with Crippen LogP contribution in [-0.4, -0.2) is 17.2 Å². The van der Waals surface area contributed by atoms with Crippen molar-refractivity contribution in [2.75, 3.05) is 0 Å². The van der Waals surface area contributed by atoms with Crippen LogP contribution in [0.4, 0.5) is 0 Å². The minimum absolute atomic E-state index is 0.105. The van der Waals surface area contributed by atoms with E-state index >= 15 is 0 Å². The van der Waals surface area contributed by atoms with Crippen LogP contribution in [0.3, 0.4) is 0 Å². The van der Waals surface area contributed by atoms with Crippen LogP contribution in [0.15, 0.2) is 35.6 Å². The van der Waals surface area contributed by atoms with E-state index in [0.29, 0.717) is 29.6 Å². The summed E-state index contributed by atoms with van der Waals surface area (Å²) in [5.41, 5.74) is 3.11. The van der Waals surface area contributed by atoms with Gasteiger partial charge in [-0.25, -0.2) is 4.79 Å². The number of ether oxygens (including phenoxy) is 2. The Labute approximate surface area is 167 Å². The Kier molecular flexibility index (Phi) is 2.43. The van der Waals surface area contributed by atoms with Crippen LogP contribution in [0.2, 0.25) is 0 Å². The van der Waals surface area contributed by atoms with E-state index in [1.807, 2.05) is 0 Å². The van der Waals surface area contributed by atoms with Gasteiger partial charge in [-0.2, -0.15) is 0 Å². The Morgan fingerprint density at radius 1 is 1.14 bits per heavy atom. The molecule has 0 aromatic heterocycles. The second-order valence-corrected chi connectivity index (χ2v) is 11.6. The molecule has 9 atom stereocenters. The van der Waals surface area contributed by atoms with Gasteiger partial charge in [-0.1, -0.05) is 30.7 Å². The quantitative estimate of drug-likeness (QED) is 0.449. The molecule has 148 valence electrons. The lowest BCUT2D eigenvalue weighted by molar-refractivity contribution is -0.214. The third kappa shape index (κ3) is 1.29. The minimum atomic E-state index is -0.372. The number of hydrogen-bond acceptors (Lipinski definition) is 3. The van der Waals surface area contributed by atoms with E-state index in [4.69, 9.17) is 9.47 Å². The van der Waals surface area contributed by atoms with Crippen molar-refractivity contribution in [3.05, 3.63) is 35.6 Å². The maximum atomic E-state index is 13.3. The number of carbonyl (C=O) groups is 1. The Hall–Kier alpha value is -1.51. The molecular formula is C25H30O3. The van der Waals surface area contributed by atoms with Crippen LogP contribution in [0.5, 0.6) is 0 Å². The van der Waals surface area contributed by atoms with E-state index < -0.39 is 0 Å². The lowest BCUT2D eigenvalue weighted by Gasteiger charge is -2.63. The number of rotatable bonds is 0. The molecular weight excluding hydrogens is 348 g/mol. The highest BCUT2D eigenvalue weighted by Gasteiger charge is 2.86. The largest absolute Gasteiger partial charge is 0.495 e. The average Bonchev–Trinajstić information content (AvgIpc) is 3.26. The number of fused-ring (bicyclic) bond motifs is 4. The molecule has 5 aliphatic carbocycles. The van der Waals surface area contributed by atoms with Gasteiger partial charge in [0.05, 0.1) is 17.3 Å². The fourth-order valence-electron chi connectivity index (χ4n) is 9.75. The molecule has 0 unspecified atom stereocenters. The van der Waals surface area contributed by atoms with Gasteiger partial charge in [0.1, 0.15) is 11.2 Å². The highest BCUT2D eigenvalue weighted by Crippen LogP contribution is 2.85. The van der Waals surface area contributed by atoms with Gasteiger partial charge >= 0.3 is 5.97 Å². The summed E-state index contributed by atoms with van der Waals surface area (Å²) in [6.07, 6.45) is 8.71. The van der Waals surface area contributed by atoms with E-state index in [2.05, 4.69) is 40.3 Å². The van der Waals surface area contributed by atoms with Crippen molar-refractivity contribution in [3.63, 3.8) is 0 Å². The molecule has 2 heterocycles. The third-order valence-corrected chi connectivity index (χ3v) is 10.8. The lowest BCUT2D eigenvalue weighted by atomic mass is 9.41. The molecule has 4 saturated carbocycles. The molecule has 0 aromatic rings. The van der Waals surface area contributed by atoms with E-state index in [0.717, 1.165) is 30.8 Å². The van der Waals surface area contributed by atoms with E-state index in [1.54, 1.807) is 6.26 Å². The Bertz CT molecular complexity index is 939. The van der Waals surface area contributed by atoms with Crippen molar-refractivity contribution in [2.45, 2.75) is 64.6 Å². The zero-order valence-corrected chi connectivity index (χ0v) is 17.4. The molecule has 0 amide bonds. The molecule has 2 spiro atoms. The van der Waals surface area contributed by atoms with Gasteiger partial charge in [-0.3, -0.25) is 0 Å². The fraction of sp³-hybridized carbons (Fsp3) is 0.720. The monoisotopic (exact) mass is 378 g/mol. The van der Waals surface area contributed by atoms with Crippen molar-refractivity contribution in [3.8, 4) is 0 Å². The predicted molar refractivity (Wildman–Crippen MR) is 105 cm³/mol. The molecule has 3 nitrogen and oxygen atoms in total. The van der Waals surface area contributed by atoms with Gasteiger partial charge in [-0.05, 0) is 69.6 Å². The number of allylic oxidation sites excluding steroid dienone is 2. The van der Waals surface area contributed by atoms with Crippen molar-refractivity contribution in [1.29, 1.82) is 0 Å². The van der Waals surface area contributed by atoms with Crippen molar-refractivity contribution < 1.29 is 14.3 Å². The van der Waals surface area contributed by atoms with Gasteiger partial charge in [0.25, 0.3) is 0 Å². The topological polar surface area (TPSA) is 35.5 Å². The first kappa shape index (κ1) is 16.3. The van der Waals surface area contributed by atoms with E-state index in [1.165, 1.54) is 17.6 Å². The summed E-state index contributed by atoms with van der Waals surface area (Å²) in [5, 5.41) is 0. The summed E-state index contributed by atoms with van der Waals surface area (Å²) >= 11 is 0. The lowest BCUT2D eigenvalue weighted by Crippen LogP contribution is -2.67. The van der Waals surface area contributed by atoms with Gasteiger partial charge in [0.15, 0.2) is 0 Å². The van der Waals surface area contributed by atoms with Gasteiger partial charge in [0, 0.05) is 17.8 Å². The Morgan fingerprint density at radius 3 is 2.71 bits per heavy atom. The normalized spacial score (nSPS) is 58.6.